The molecule has 0 saturated heterocycles. The van der Waals surface area contributed by atoms with Crippen LogP contribution in [-0.4, -0.2) is 28.8 Å². The Morgan fingerprint density at radius 3 is 2.10 bits per heavy atom. The molecule has 150 valence electrons. The molecule has 0 aliphatic heterocycles. The largest absolute Gasteiger partial charge is 0.480 e. The second-order valence-electron chi connectivity index (χ2n) is 5.47. The van der Waals surface area contributed by atoms with Gasteiger partial charge in [0.25, 0.3) is 0 Å². The lowest BCUT2D eigenvalue weighted by Crippen LogP contribution is -2.09. The molecule has 0 atom stereocenters. The van der Waals surface area contributed by atoms with Crippen LogP contribution >= 0.6 is 23.2 Å². The van der Waals surface area contributed by atoms with E-state index in [4.69, 9.17) is 42.9 Å². The Morgan fingerprint density at radius 1 is 0.828 bits per heavy atom. The lowest BCUT2D eigenvalue weighted by molar-refractivity contribution is -0.139. The van der Waals surface area contributed by atoms with Gasteiger partial charge >= 0.3 is 11.9 Å². The fourth-order valence-electron chi connectivity index (χ4n) is 2.08. The van der Waals surface area contributed by atoms with Gasteiger partial charge in [-0.25, -0.2) is 9.59 Å². The molecule has 29 heavy (non-hydrogen) atoms. The van der Waals surface area contributed by atoms with E-state index in [1.807, 2.05) is 18.2 Å². The smallest absolute Gasteiger partial charge is 0.341 e. The minimum Gasteiger partial charge on any atom is -0.480 e. The molecule has 0 heterocycles. The molecule has 0 aromatic heterocycles. The van der Waals surface area contributed by atoms with Crippen LogP contribution in [0.3, 0.4) is 0 Å². The highest BCUT2D eigenvalue weighted by atomic mass is 35.5. The molecule has 8 heteroatoms. The summed E-state index contributed by atoms with van der Waals surface area (Å²) in [6.07, 6.45) is 0. The number of aromatic carboxylic acids is 1. The van der Waals surface area contributed by atoms with Crippen molar-refractivity contribution in [2.45, 2.75) is 0 Å². The number of carboxylic acids is 2. The zero-order valence-corrected chi connectivity index (χ0v) is 16.4. The van der Waals surface area contributed by atoms with Crippen molar-refractivity contribution in [1.29, 1.82) is 0 Å². The fourth-order valence-corrected chi connectivity index (χ4v) is 2.54. The summed E-state index contributed by atoms with van der Waals surface area (Å²) in [5, 5.41) is 18.1. The van der Waals surface area contributed by atoms with E-state index < -0.39 is 18.5 Å². The normalized spacial score (nSPS) is 9.72. The molecule has 0 bridgehead atoms. The highest BCUT2D eigenvalue weighted by Crippen LogP contribution is 2.27. The van der Waals surface area contributed by atoms with Gasteiger partial charge in [0.15, 0.2) is 6.61 Å². The SMILES string of the molecule is O=C(O)COc1ccc(Cl)cc1Cl.O=C(O)c1ccccc1Oc1ccccc1. The average Bonchev–Trinajstić information content (AvgIpc) is 2.69. The molecule has 0 amide bonds. The van der Waals surface area contributed by atoms with Crippen LogP contribution in [0.15, 0.2) is 72.8 Å². The van der Waals surface area contributed by atoms with E-state index >= 15 is 0 Å². The number of hydrogen-bond acceptors (Lipinski definition) is 4. The quantitative estimate of drug-likeness (QED) is 0.521. The van der Waals surface area contributed by atoms with Crippen molar-refractivity contribution in [3.8, 4) is 17.2 Å². The summed E-state index contributed by atoms with van der Waals surface area (Å²) in [6.45, 7) is -0.415. The van der Waals surface area contributed by atoms with Gasteiger partial charge in [-0.2, -0.15) is 0 Å². The van der Waals surface area contributed by atoms with Crippen LogP contribution in [0.2, 0.25) is 10.0 Å². The Kier molecular flexibility index (Phi) is 8.33. The van der Waals surface area contributed by atoms with Crippen LogP contribution in [0, 0.1) is 0 Å². The number of halogens is 2. The number of carboxylic acid groups (broad SMARTS) is 2. The molecule has 0 radical (unpaired) electrons. The van der Waals surface area contributed by atoms with E-state index in [-0.39, 0.29) is 5.56 Å². The number of hydrogen-bond donors (Lipinski definition) is 2. The third kappa shape index (κ3) is 7.37. The third-order valence-electron chi connectivity index (χ3n) is 3.33. The summed E-state index contributed by atoms with van der Waals surface area (Å²) >= 11 is 11.3. The number of para-hydroxylation sites is 2. The molecule has 3 aromatic rings. The van der Waals surface area contributed by atoms with E-state index in [0.717, 1.165) is 0 Å². The molecule has 3 aromatic carbocycles. The van der Waals surface area contributed by atoms with Crippen LogP contribution in [0.5, 0.6) is 17.2 Å². The van der Waals surface area contributed by atoms with Gasteiger partial charge < -0.3 is 19.7 Å². The molecular formula is C21H16Cl2O6. The van der Waals surface area contributed by atoms with Crippen molar-refractivity contribution in [2.24, 2.45) is 0 Å². The summed E-state index contributed by atoms with van der Waals surface area (Å²) in [4.78, 5) is 21.1. The maximum atomic E-state index is 10.9. The van der Waals surface area contributed by atoms with Gasteiger partial charge in [0.2, 0.25) is 0 Å². The minimum absolute atomic E-state index is 0.159. The number of ether oxygens (including phenoxy) is 2. The van der Waals surface area contributed by atoms with Gasteiger partial charge in [-0.1, -0.05) is 53.5 Å². The van der Waals surface area contributed by atoms with Crippen molar-refractivity contribution in [2.75, 3.05) is 6.61 Å². The molecule has 0 saturated carbocycles. The zero-order chi connectivity index (χ0) is 21.2. The molecular weight excluding hydrogens is 419 g/mol. The van der Waals surface area contributed by atoms with Crippen LogP contribution in [-0.2, 0) is 4.79 Å². The first-order valence-corrected chi connectivity index (χ1v) is 8.97. The fraction of sp³-hybridized carbons (Fsp3) is 0.0476. The van der Waals surface area contributed by atoms with Crippen LogP contribution in [0.4, 0.5) is 0 Å². The minimum atomic E-state index is -1.05. The maximum Gasteiger partial charge on any atom is 0.341 e. The molecule has 0 fully saturated rings. The van der Waals surface area contributed by atoms with Crippen LogP contribution in [0.25, 0.3) is 0 Å². The Balaban J connectivity index is 0.000000212. The molecule has 2 N–H and O–H groups in total. The van der Waals surface area contributed by atoms with E-state index in [1.165, 1.54) is 18.2 Å². The van der Waals surface area contributed by atoms with Crippen molar-refractivity contribution in [3.63, 3.8) is 0 Å². The highest BCUT2D eigenvalue weighted by molar-refractivity contribution is 6.35. The Bertz CT molecular complexity index is 976. The van der Waals surface area contributed by atoms with Gasteiger partial charge in [-0.15, -0.1) is 0 Å². The van der Waals surface area contributed by atoms with E-state index in [0.29, 0.717) is 27.3 Å². The van der Waals surface area contributed by atoms with Gasteiger partial charge in [0.05, 0.1) is 5.02 Å². The van der Waals surface area contributed by atoms with E-state index in [1.54, 1.807) is 36.4 Å². The molecule has 3 rings (SSSR count). The maximum absolute atomic E-state index is 10.9. The number of benzene rings is 3. The highest BCUT2D eigenvalue weighted by Gasteiger charge is 2.10. The topological polar surface area (TPSA) is 93.1 Å². The number of rotatable bonds is 6. The van der Waals surface area contributed by atoms with Gasteiger partial charge in [0, 0.05) is 5.02 Å². The van der Waals surface area contributed by atoms with Gasteiger partial charge in [0.1, 0.15) is 22.8 Å². The van der Waals surface area contributed by atoms with Crippen LogP contribution < -0.4 is 9.47 Å². The second kappa shape index (κ2) is 10.9. The summed E-state index contributed by atoms with van der Waals surface area (Å²) in [5.74, 6) is -0.761. The number of carbonyl (C=O) groups is 2. The number of aliphatic carboxylic acids is 1. The Morgan fingerprint density at radius 2 is 1.48 bits per heavy atom. The third-order valence-corrected chi connectivity index (χ3v) is 3.86. The average molecular weight is 435 g/mol. The first kappa shape index (κ1) is 22.1. The van der Waals surface area contributed by atoms with E-state index in [9.17, 15) is 9.59 Å². The van der Waals surface area contributed by atoms with Crippen LogP contribution in [0.1, 0.15) is 10.4 Å². The predicted octanol–water partition coefficient (Wildman–Crippen LogP) is 5.63. The summed E-state index contributed by atoms with van der Waals surface area (Å²) < 4.78 is 10.4. The summed E-state index contributed by atoms with van der Waals surface area (Å²) in [6, 6.07) is 20.2. The zero-order valence-electron chi connectivity index (χ0n) is 14.9. The van der Waals surface area contributed by atoms with E-state index in [2.05, 4.69) is 0 Å². The van der Waals surface area contributed by atoms with Crippen molar-refractivity contribution >= 4 is 35.1 Å². The van der Waals surface area contributed by atoms with Crippen molar-refractivity contribution in [3.05, 3.63) is 88.4 Å². The first-order valence-electron chi connectivity index (χ1n) is 8.21. The van der Waals surface area contributed by atoms with Gasteiger partial charge in [-0.05, 0) is 42.5 Å². The standard InChI is InChI=1S/C13H10O3.C8H6Cl2O3/c14-13(15)11-8-4-5-9-12(11)16-10-6-2-1-3-7-10;9-5-1-2-7(6(10)3-5)13-4-8(11)12/h1-9H,(H,14,15);1-3H,4H2,(H,11,12). The molecule has 0 aliphatic carbocycles. The molecule has 0 aliphatic rings. The van der Waals surface area contributed by atoms with Gasteiger partial charge in [-0.3, -0.25) is 0 Å². The predicted molar refractivity (Wildman–Crippen MR) is 110 cm³/mol. The van der Waals surface area contributed by atoms with Crippen molar-refractivity contribution < 1.29 is 29.3 Å². The second-order valence-corrected chi connectivity index (χ2v) is 6.32. The molecule has 6 nitrogen and oxygen atoms in total. The Labute approximate surface area is 176 Å². The summed E-state index contributed by atoms with van der Waals surface area (Å²) in [7, 11) is 0. The molecule has 0 unspecified atom stereocenters. The molecule has 0 spiro atoms. The Hall–Kier alpha value is -3.22. The summed E-state index contributed by atoms with van der Waals surface area (Å²) in [5.41, 5.74) is 0.159. The monoisotopic (exact) mass is 434 g/mol. The van der Waals surface area contributed by atoms with Crippen molar-refractivity contribution in [1.82, 2.24) is 0 Å². The lowest BCUT2D eigenvalue weighted by atomic mass is 10.2. The lowest BCUT2D eigenvalue weighted by Gasteiger charge is -2.07. The first-order chi connectivity index (χ1) is 13.9.